The third-order valence-corrected chi connectivity index (χ3v) is 42.3. The Balaban J connectivity index is 2.81. The Labute approximate surface area is 287 Å². The summed E-state index contributed by atoms with van der Waals surface area (Å²) in [6.45, 7) is 48.0. The standard InChI is InChI=1S/C37H70OSi7/c1-38-45(26-22-24-29-23-20-21-25-33(29)45)34-31(36(41(8,9)10)42(11,12)13)27-30(35(39(2,3)4)40(5,6)7)28-32(34)37(43(14,15)16)44(17,18)19/h20-25,27-28,35-37H,26H2,1-19H3. The monoisotopic (exact) mass is 726 g/mol. The molecule has 1 aliphatic heterocycles. The summed E-state index contributed by atoms with van der Waals surface area (Å²) >= 11 is 0. The number of benzene rings is 2. The van der Waals surface area contributed by atoms with Gasteiger partial charge >= 0.3 is 0 Å². The normalized spacial score (nSPS) is 18.7. The van der Waals surface area contributed by atoms with E-state index >= 15 is 0 Å². The summed E-state index contributed by atoms with van der Waals surface area (Å²) in [6.07, 6.45) is 4.85. The zero-order valence-electron chi connectivity index (χ0n) is 33.0. The molecular formula is C37H70OSi7. The molecular weight excluding hydrogens is 657 g/mol. The Bertz CT molecular complexity index is 1290. The van der Waals surface area contributed by atoms with E-state index in [0.717, 1.165) is 11.2 Å². The van der Waals surface area contributed by atoms with Gasteiger partial charge in [0.05, 0.1) is 0 Å². The topological polar surface area (TPSA) is 9.23 Å². The Morgan fingerprint density at radius 3 is 1.29 bits per heavy atom. The fraction of sp³-hybridized carbons (Fsp3) is 0.622. The van der Waals surface area contributed by atoms with Gasteiger partial charge in [0.25, 0.3) is 8.32 Å². The zero-order valence-corrected chi connectivity index (χ0v) is 40.0. The maximum Gasteiger partial charge on any atom is 0.260 e. The maximum absolute atomic E-state index is 7.23. The number of hydrogen-bond acceptors (Lipinski definition) is 1. The molecule has 0 N–H and O–H groups in total. The molecule has 0 bridgehead atoms. The van der Waals surface area contributed by atoms with Gasteiger partial charge in [-0.2, -0.15) is 0 Å². The van der Waals surface area contributed by atoms with E-state index in [2.05, 4.69) is 174 Å². The number of allylic oxidation sites excluding steroid dienone is 1. The molecule has 0 amide bonds. The smallest absolute Gasteiger partial charge is 0.260 e. The average Bonchev–Trinajstić information content (AvgIpc) is 2.78. The van der Waals surface area contributed by atoms with Crippen LogP contribution in [0.3, 0.4) is 0 Å². The van der Waals surface area contributed by atoms with Gasteiger partial charge in [-0.3, -0.25) is 0 Å². The average molecular weight is 728 g/mol. The zero-order chi connectivity index (χ0) is 34.8. The lowest BCUT2D eigenvalue weighted by Crippen LogP contribution is -2.66. The fourth-order valence-electron chi connectivity index (χ4n) is 10.6. The first-order valence-corrected chi connectivity index (χ1v) is 41.2. The Hall–Kier alpha value is -0.342. The van der Waals surface area contributed by atoms with E-state index in [9.17, 15) is 0 Å². The largest absolute Gasteiger partial charge is 0.411 e. The van der Waals surface area contributed by atoms with E-state index in [1.54, 1.807) is 21.9 Å². The molecule has 0 radical (unpaired) electrons. The lowest BCUT2D eigenvalue weighted by Gasteiger charge is -2.48. The minimum Gasteiger partial charge on any atom is -0.411 e. The van der Waals surface area contributed by atoms with Gasteiger partial charge in [-0.1, -0.05) is 166 Å². The van der Waals surface area contributed by atoms with Crippen molar-refractivity contribution in [1.82, 2.24) is 0 Å². The molecule has 0 saturated heterocycles. The van der Waals surface area contributed by atoms with Gasteiger partial charge in [0, 0.05) is 55.6 Å². The van der Waals surface area contributed by atoms with E-state index in [0.29, 0.717) is 10.3 Å². The van der Waals surface area contributed by atoms with Crippen LogP contribution in [0.1, 0.15) is 37.7 Å². The van der Waals surface area contributed by atoms with Crippen molar-refractivity contribution in [2.45, 2.75) is 139 Å². The van der Waals surface area contributed by atoms with Gasteiger partial charge in [0.1, 0.15) is 0 Å². The molecule has 0 saturated carbocycles. The highest BCUT2D eigenvalue weighted by molar-refractivity contribution is 7.02. The summed E-state index contributed by atoms with van der Waals surface area (Å²) in [7, 11) is -10.1. The number of hydrogen-bond donors (Lipinski definition) is 0. The van der Waals surface area contributed by atoms with Gasteiger partial charge in [-0.25, -0.2) is 0 Å². The molecule has 1 heterocycles. The van der Waals surface area contributed by atoms with Crippen LogP contribution in [0.4, 0.5) is 0 Å². The summed E-state index contributed by atoms with van der Waals surface area (Å²) in [4.78, 5) is 0. The molecule has 45 heavy (non-hydrogen) atoms. The number of rotatable bonds is 11. The summed E-state index contributed by atoms with van der Waals surface area (Å²) in [5.41, 5.74) is 6.60. The van der Waals surface area contributed by atoms with Crippen molar-refractivity contribution in [3.8, 4) is 0 Å². The predicted molar refractivity (Wildman–Crippen MR) is 227 cm³/mol. The van der Waals surface area contributed by atoms with Crippen molar-refractivity contribution in [1.29, 1.82) is 0 Å². The van der Waals surface area contributed by atoms with E-state index in [1.807, 2.05) is 0 Å². The van der Waals surface area contributed by atoms with Crippen LogP contribution in [0.5, 0.6) is 0 Å². The first kappa shape index (κ1) is 39.1. The molecule has 1 nitrogen and oxygen atoms in total. The van der Waals surface area contributed by atoms with Crippen molar-refractivity contribution in [2.75, 3.05) is 7.11 Å². The van der Waals surface area contributed by atoms with Gasteiger partial charge in [0.15, 0.2) is 0 Å². The minimum absolute atomic E-state index is 0.670. The van der Waals surface area contributed by atoms with Crippen LogP contribution >= 0.6 is 0 Å². The maximum atomic E-state index is 7.23. The highest BCUT2D eigenvalue weighted by atomic mass is 28.4. The molecule has 1 aliphatic rings. The Kier molecular flexibility index (Phi) is 11.2. The van der Waals surface area contributed by atoms with Crippen LogP contribution < -0.4 is 10.4 Å². The molecule has 0 fully saturated rings. The summed E-state index contributed by atoms with van der Waals surface area (Å²) in [6, 6.07) is 16.1. The van der Waals surface area contributed by atoms with Crippen molar-refractivity contribution in [3.05, 3.63) is 64.7 Å². The summed E-state index contributed by atoms with van der Waals surface area (Å²) in [5, 5.41) is 5.29. The highest BCUT2D eigenvalue weighted by Crippen LogP contribution is 2.45. The van der Waals surface area contributed by atoms with Crippen LogP contribution in [0.25, 0.3) is 6.08 Å². The SMILES string of the molecule is CO[Si]1(c2c(C([Si](C)(C)C)[Si](C)(C)C)cc(C([Si](C)(C)C)[Si](C)(C)C)cc2C([Si](C)(C)C)[Si](C)(C)C)CC=Cc2ccccc21. The van der Waals surface area contributed by atoms with Crippen molar-refractivity contribution < 1.29 is 4.43 Å². The molecule has 0 aromatic heterocycles. The van der Waals surface area contributed by atoms with E-state index in [1.165, 1.54) is 10.8 Å². The first-order valence-electron chi connectivity index (χ1n) is 17.6. The van der Waals surface area contributed by atoms with Crippen molar-refractivity contribution >= 4 is 73.2 Å². The molecule has 0 spiro atoms. The molecule has 252 valence electrons. The Morgan fingerprint density at radius 2 is 0.933 bits per heavy atom. The van der Waals surface area contributed by atoms with Gasteiger partial charge in [0.2, 0.25) is 0 Å². The van der Waals surface area contributed by atoms with Crippen LogP contribution in [0.2, 0.25) is 124 Å². The van der Waals surface area contributed by atoms with Crippen LogP contribution in [-0.4, -0.2) is 63.9 Å². The summed E-state index contributed by atoms with van der Waals surface area (Å²) in [5.74, 6) is 0. The van der Waals surface area contributed by atoms with Crippen molar-refractivity contribution in [2.24, 2.45) is 0 Å². The molecule has 2 aromatic rings. The van der Waals surface area contributed by atoms with E-state index < -0.39 is 56.8 Å². The van der Waals surface area contributed by atoms with Crippen LogP contribution in [0, 0.1) is 0 Å². The quantitative estimate of drug-likeness (QED) is 0.210. The molecule has 2 aromatic carbocycles. The second kappa shape index (κ2) is 12.8. The van der Waals surface area contributed by atoms with E-state index in [4.69, 9.17) is 4.43 Å². The third-order valence-electron chi connectivity index (χ3n) is 10.2. The summed E-state index contributed by atoms with van der Waals surface area (Å²) < 4.78 is 7.23. The van der Waals surface area contributed by atoms with Gasteiger partial charge in [-0.05, 0) is 54.2 Å². The molecule has 0 aliphatic carbocycles. The van der Waals surface area contributed by atoms with E-state index in [-0.39, 0.29) is 0 Å². The van der Waals surface area contributed by atoms with Crippen LogP contribution in [0.15, 0.2) is 42.5 Å². The second-order valence-electron chi connectivity index (χ2n) is 20.8. The molecule has 8 heteroatoms. The lowest BCUT2D eigenvalue weighted by atomic mass is 10.1. The van der Waals surface area contributed by atoms with Crippen molar-refractivity contribution in [3.63, 3.8) is 0 Å². The predicted octanol–water partition coefficient (Wildman–Crippen LogP) is 10.9. The second-order valence-corrected chi connectivity index (χ2v) is 57.9. The van der Waals surface area contributed by atoms with Gasteiger partial charge in [-0.15, -0.1) is 0 Å². The highest BCUT2D eigenvalue weighted by Gasteiger charge is 2.52. The molecule has 1 unspecified atom stereocenters. The lowest BCUT2D eigenvalue weighted by molar-refractivity contribution is 0.417. The first-order chi connectivity index (χ1) is 20.1. The van der Waals surface area contributed by atoms with Gasteiger partial charge < -0.3 is 4.43 Å². The Morgan fingerprint density at radius 1 is 0.556 bits per heavy atom. The molecule has 3 rings (SSSR count). The van der Waals surface area contributed by atoms with Crippen LogP contribution in [-0.2, 0) is 4.43 Å². The third kappa shape index (κ3) is 8.11. The number of fused-ring (bicyclic) bond motifs is 1. The minimum atomic E-state index is -2.61. The molecule has 1 atom stereocenters. The fourth-order valence-corrected chi connectivity index (χ4v) is 53.4.